The lowest BCUT2D eigenvalue weighted by Gasteiger charge is -2.11. The van der Waals surface area contributed by atoms with Crippen LogP contribution in [0.15, 0.2) is 43.5 Å². The first kappa shape index (κ1) is 22.4. The zero-order chi connectivity index (χ0) is 22.6. The van der Waals surface area contributed by atoms with Gasteiger partial charge in [0.15, 0.2) is 0 Å². The number of aromatic nitrogens is 5. The molecular formula is C23H30FN7. The molecule has 0 amide bonds. The van der Waals surface area contributed by atoms with Gasteiger partial charge in [-0.25, -0.2) is 13.9 Å². The van der Waals surface area contributed by atoms with Crippen LogP contribution in [0.1, 0.15) is 33.3 Å². The Morgan fingerprint density at radius 3 is 2.71 bits per heavy atom. The number of anilines is 1. The minimum Gasteiger partial charge on any atom is -0.352 e. The van der Waals surface area contributed by atoms with Crippen molar-refractivity contribution >= 4 is 28.6 Å². The molecule has 0 saturated heterocycles. The summed E-state index contributed by atoms with van der Waals surface area (Å²) in [4.78, 5) is 12.2. The van der Waals surface area contributed by atoms with Gasteiger partial charge in [-0.1, -0.05) is 12.7 Å². The fourth-order valence-corrected chi connectivity index (χ4v) is 3.22. The molecule has 0 aliphatic carbocycles. The van der Waals surface area contributed by atoms with Crippen molar-refractivity contribution in [1.29, 1.82) is 0 Å². The molecule has 4 heterocycles. The van der Waals surface area contributed by atoms with Crippen LogP contribution in [0.4, 0.5) is 10.3 Å². The van der Waals surface area contributed by atoms with E-state index in [9.17, 15) is 4.39 Å². The minimum atomic E-state index is -1.06. The summed E-state index contributed by atoms with van der Waals surface area (Å²) in [6.07, 6.45) is 9.40. The Hall–Kier alpha value is -3.26. The van der Waals surface area contributed by atoms with E-state index < -0.39 is 5.67 Å². The molecule has 7 nitrogen and oxygen atoms in total. The first-order valence-electron chi connectivity index (χ1n) is 10.3. The second kappa shape index (κ2) is 9.26. The third-order valence-electron chi connectivity index (χ3n) is 4.53. The van der Waals surface area contributed by atoms with Crippen LogP contribution in [-0.2, 0) is 0 Å². The van der Waals surface area contributed by atoms with Crippen LogP contribution in [-0.4, -0.2) is 49.9 Å². The maximum absolute atomic E-state index is 12.3. The highest BCUT2D eigenvalue weighted by molar-refractivity contribution is 5.94. The quantitative estimate of drug-likeness (QED) is 0.419. The van der Waals surface area contributed by atoms with E-state index in [1.165, 1.54) is 0 Å². The molecule has 4 rings (SSSR count). The van der Waals surface area contributed by atoms with Gasteiger partial charge in [-0.3, -0.25) is 0 Å². The van der Waals surface area contributed by atoms with Gasteiger partial charge in [-0.2, -0.15) is 10.1 Å². The van der Waals surface area contributed by atoms with E-state index >= 15 is 0 Å². The minimum absolute atomic E-state index is 0.290. The summed E-state index contributed by atoms with van der Waals surface area (Å²) in [5, 5.41) is 11.3. The largest absolute Gasteiger partial charge is 0.352 e. The van der Waals surface area contributed by atoms with E-state index in [1.54, 1.807) is 20.9 Å². The second-order valence-electron chi connectivity index (χ2n) is 8.26. The van der Waals surface area contributed by atoms with Crippen molar-refractivity contribution in [3.63, 3.8) is 0 Å². The van der Waals surface area contributed by atoms with Gasteiger partial charge in [0.1, 0.15) is 11.3 Å². The topological polar surface area (TPSA) is 82.9 Å². The Morgan fingerprint density at radius 2 is 2.10 bits per heavy atom. The van der Waals surface area contributed by atoms with Crippen LogP contribution < -0.4 is 10.6 Å². The molecule has 0 unspecified atom stereocenters. The SMILES string of the molecule is C=Cc1cnn2ccc(-c3c[nH]c4nc(NC(C)C)ncc34)cc12.CNCC(C)(C)F. The highest BCUT2D eigenvalue weighted by Gasteiger charge is 2.12. The predicted molar refractivity (Wildman–Crippen MR) is 126 cm³/mol. The van der Waals surface area contributed by atoms with Crippen LogP contribution >= 0.6 is 0 Å². The van der Waals surface area contributed by atoms with Crippen molar-refractivity contribution in [2.24, 2.45) is 0 Å². The molecule has 3 N–H and O–H groups in total. The molecule has 4 aromatic heterocycles. The lowest BCUT2D eigenvalue weighted by atomic mass is 10.1. The lowest BCUT2D eigenvalue weighted by Crippen LogP contribution is -2.27. The summed E-state index contributed by atoms with van der Waals surface area (Å²) in [5.41, 5.74) is 3.95. The van der Waals surface area contributed by atoms with E-state index in [0.717, 1.165) is 33.2 Å². The van der Waals surface area contributed by atoms with Crippen LogP contribution in [0.25, 0.3) is 33.8 Å². The number of hydrogen-bond donors (Lipinski definition) is 3. The molecule has 164 valence electrons. The third kappa shape index (κ3) is 5.46. The molecule has 4 aromatic rings. The van der Waals surface area contributed by atoms with Gasteiger partial charge in [-0.15, -0.1) is 0 Å². The van der Waals surface area contributed by atoms with Gasteiger partial charge in [0.25, 0.3) is 0 Å². The van der Waals surface area contributed by atoms with Crippen molar-refractivity contribution in [3.05, 3.63) is 49.1 Å². The summed E-state index contributed by atoms with van der Waals surface area (Å²) in [6, 6.07) is 4.43. The van der Waals surface area contributed by atoms with Crippen LogP contribution in [0.3, 0.4) is 0 Å². The zero-order valence-electron chi connectivity index (χ0n) is 18.7. The average Bonchev–Trinajstić information content (AvgIpc) is 3.29. The summed E-state index contributed by atoms with van der Waals surface area (Å²) in [7, 11) is 1.74. The summed E-state index contributed by atoms with van der Waals surface area (Å²) in [5.74, 6) is 0.631. The summed E-state index contributed by atoms with van der Waals surface area (Å²) in [6.45, 7) is 11.5. The molecule has 0 radical (unpaired) electrons. The monoisotopic (exact) mass is 423 g/mol. The number of rotatable bonds is 6. The number of pyridine rings is 1. The van der Waals surface area contributed by atoms with Gasteiger partial charge >= 0.3 is 0 Å². The Bertz CT molecular complexity index is 1170. The molecule has 0 saturated carbocycles. The van der Waals surface area contributed by atoms with E-state index in [2.05, 4.69) is 57.2 Å². The molecule has 0 spiro atoms. The molecule has 0 aliphatic rings. The Kier molecular flexibility index (Phi) is 6.70. The van der Waals surface area contributed by atoms with Crippen molar-refractivity contribution in [2.75, 3.05) is 18.9 Å². The predicted octanol–water partition coefficient (Wildman–Crippen LogP) is 4.69. The number of nitrogens with one attached hydrogen (secondary N) is 3. The number of fused-ring (bicyclic) bond motifs is 2. The number of nitrogens with zero attached hydrogens (tertiary/aromatic N) is 4. The van der Waals surface area contributed by atoms with Gasteiger partial charge in [0.05, 0.1) is 11.7 Å². The van der Waals surface area contributed by atoms with Crippen LogP contribution in [0.5, 0.6) is 0 Å². The Morgan fingerprint density at radius 1 is 1.32 bits per heavy atom. The van der Waals surface area contributed by atoms with E-state index in [1.807, 2.05) is 41.4 Å². The maximum Gasteiger partial charge on any atom is 0.224 e. The maximum atomic E-state index is 12.3. The highest BCUT2D eigenvalue weighted by atomic mass is 19.1. The first-order chi connectivity index (χ1) is 14.7. The highest BCUT2D eigenvalue weighted by Crippen LogP contribution is 2.29. The fraction of sp³-hybridized carbons (Fsp3) is 0.348. The number of H-pyrrole nitrogens is 1. The number of alkyl halides is 1. The smallest absolute Gasteiger partial charge is 0.224 e. The van der Waals surface area contributed by atoms with E-state index in [-0.39, 0.29) is 0 Å². The van der Waals surface area contributed by atoms with Crippen molar-refractivity contribution in [2.45, 2.75) is 39.4 Å². The molecule has 31 heavy (non-hydrogen) atoms. The van der Waals surface area contributed by atoms with Crippen LogP contribution in [0, 0.1) is 0 Å². The number of hydrogen-bond acceptors (Lipinski definition) is 5. The first-order valence-corrected chi connectivity index (χ1v) is 10.3. The lowest BCUT2D eigenvalue weighted by molar-refractivity contribution is 0.215. The van der Waals surface area contributed by atoms with Gasteiger partial charge in [0, 0.05) is 47.7 Å². The molecule has 0 bridgehead atoms. The molecule has 0 fully saturated rings. The molecule has 0 aromatic carbocycles. The van der Waals surface area contributed by atoms with Gasteiger partial charge in [-0.05, 0) is 52.4 Å². The van der Waals surface area contributed by atoms with Crippen molar-refractivity contribution < 1.29 is 4.39 Å². The van der Waals surface area contributed by atoms with Crippen molar-refractivity contribution in [1.82, 2.24) is 29.9 Å². The summed E-state index contributed by atoms with van der Waals surface area (Å²) >= 11 is 0. The molecule has 0 atom stereocenters. The van der Waals surface area contributed by atoms with Gasteiger partial charge < -0.3 is 15.6 Å². The standard InChI is InChI=1S/C18H18N6.C5H12FN/c1-4-12-8-21-24-6-5-13(7-16(12)24)14-9-19-17-15(14)10-20-18(23-17)22-11(2)3;1-5(2,6)4-7-3/h4-11H,1H2,2-3H3,(H2,19,20,22,23);7H,4H2,1-3H3. The summed E-state index contributed by atoms with van der Waals surface area (Å²) < 4.78 is 14.2. The zero-order valence-corrected chi connectivity index (χ0v) is 18.7. The van der Waals surface area contributed by atoms with Crippen LogP contribution in [0.2, 0.25) is 0 Å². The van der Waals surface area contributed by atoms with Gasteiger partial charge in [0.2, 0.25) is 5.95 Å². The fourth-order valence-electron chi connectivity index (χ4n) is 3.22. The molecular weight excluding hydrogens is 393 g/mol. The number of aromatic amines is 1. The van der Waals surface area contributed by atoms with E-state index in [0.29, 0.717) is 18.5 Å². The van der Waals surface area contributed by atoms with E-state index in [4.69, 9.17) is 0 Å². The van der Waals surface area contributed by atoms with Crippen molar-refractivity contribution in [3.8, 4) is 11.1 Å². The number of halogens is 1. The Labute approximate surface area is 181 Å². The average molecular weight is 424 g/mol. The molecule has 8 heteroatoms. The molecule has 0 aliphatic heterocycles. The Balaban J connectivity index is 0.000000339. The third-order valence-corrected chi connectivity index (χ3v) is 4.53. The normalized spacial score (nSPS) is 11.6. The second-order valence-corrected chi connectivity index (χ2v) is 8.26.